The summed E-state index contributed by atoms with van der Waals surface area (Å²) in [4.78, 5) is 2.18. The molecule has 136 valence electrons. The molecule has 0 saturated carbocycles. The second-order valence-electron chi connectivity index (χ2n) is 7.65. The van der Waals surface area contributed by atoms with Crippen LogP contribution in [0.15, 0.2) is 103 Å². The van der Waals surface area contributed by atoms with Gasteiger partial charge in [0.05, 0.1) is 5.41 Å². The van der Waals surface area contributed by atoms with E-state index in [1.165, 1.54) is 39.1 Å². The Bertz CT molecular complexity index is 1090. The maximum atomic E-state index is 2.37. The Morgan fingerprint density at radius 3 is 1.68 bits per heavy atom. The number of hydrogen-bond acceptors (Lipinski definition) is 1. The maximum absolute atomic E-state index is 2.37. The molecule has 0 N–H and O–H groups in total. The molecule has 1 aliphatic carbocycles. The lowest BCUT2D eigenvalue weighted by Crippen LogP contribution is -2.28. The quantitative estimate of drug-likeness (QED) is 0.374. The Labute approximate surface area is 166 Å². The van der Waals surface area contributed by atoms with Gasteiger partial charge in [0.1, 0.15) is 0 Å². The van der Waals surface area contributed by atoms with Crippen LogP contribution in [0.5, 0.6) is 0 Å². The minimum absolute atomic E-state index is 0.305. The average molecular weight is 361 g/mol. The SMILES string of the molecule is CN(C)c1ccc2c(c1)C(c1ccccc1)(c1ccccc1)c1ccccc1-2. The largest absolute Gasteiger partial charge is 0.378 e. The van der Waals surface area contributed by atoms with Gasteiger partial charge in [-0.3, -0.25) is 0 Å². The molecule has 0 spiro atoms. The van der Waals surface area contributed by atoms with Crippen molar-refractivity contribution in [3.8, 4) is 11.1 Å². The molecule has 0 aliphatic heterocycles. The van der Waals surface area contributed by atoms with Crippen LogP contribution in [0, 0.1) is 0 Å². The molecule has 1 nitrogen and oxygen atoms in total. The molecule has 0 radical (unpaired) electrons. The Morgan fingerprint density at radius 2 is 1.07 bits per heavy atom. The molecule has 0 bridgehead atoms. The summed E-state index contributed by atoms with van der Waals surface area (Å²) in [5.74, 6) is 0. The first-order chi connectivity index (χ1) is 13.7. The van der Waals surface area contributed by atoms with Crippen LogP contribution < -0.4 is 4.90 Å². The number of rotatable bonds is 3. The van der Waals surface area contributed by atoms with Crippen molar-refractivity contribution in [3.63, 3.8) is 0 Å². The second kappa shape index (κ2) is 6.38. The Morgan fingerprint density at radius 1 is 0.536 bits per heavy atom. The molecule has 0 fully saturated rings. The number of nitrogens with zero attached hydrogens (tertiary/aromatic N) is 1. The molecule has 0 unspecified atom stereocenters. The predicted octanol–water partition coefficient (Wildman–Crippen LogP) is 6.12. The van der Waals surface area contributed by atoms with Crippen LogP contribution in [0.3, 0.4) is 0 Å². The minimum atomic E-state index is -0.305. The minimum Gasteiger partial charge on any atom is -0.378 e. The third-order valence-electron chi connectivity index (χ3n) is 5.96. The fourth-order valence-electron chi connectivity index (χ4n) is 4.71. The molecule has 5 rings (SSSR count). The van der Waals surface area contributed by atoms with E-state index in [0.717, 1.165) is 0 Å². The lowest BCUT2D eigenvalue weighted by atomic mass is 9.67. The van der Waals surface area contributed by atoms with E-state index in [1.807, 2.05) is 0 Å². The van der Waals surface area contributed by atoms with Gasteiger partial charge in [-0.15, -0.1) is 0 Å². The van der Waals surface area contributed by atoms with Gasteiger partial charge in [0.25, 0.3) is 0 Å². The van der Waals surface area contributed by atoms with E-state index in [1.54, 1.807) is 0 Å². The highest BCUT2D eigenvalue weighted by Crippen LogP contribution is 2.56. The molecule has 0 atom stereocenters. The van der Waals surface area contributed by atoms with Crippen LogP contribution >= 0.6 is 0 Å². The van der Waals surface area contributed by atoms with E-state index in [0.29, 0.717) is 0 Å². The topological polar surface area (TPSA) is 3.24 Å². The molecule has 1 heteroatoms. The highest BCUT2D eigenvalue weighted by atomic mass is 15.1. The molecular formula is C27H23N. The summed E-state index contributed by atoms with van der Waals surface area (Å²) in [5.41, 5.74) is 8.91. The molecule has 0 saturated heterocycles. The Balaban J connectivity index is 1.96. The Kier molecular flexibility index (Phi) is 3.84. The second-order valence-corrected chi connectivity index (χ2v) is 7.65. The maximum Gasteiger partial charge on any atom is 0.0714 e. The van der Waals surface area contributed by atoms with Crippen LogP contribution in [0.4, 0.5) is 5.69 Å². The van der Waals surface area contributed by atoms with E-state index in [4.69, 9.17) is 0 Å². The van der Waals surface area contributed by atoms with Crippen molar-refractivity contribution in [2.45, 2.75) is 5.41 Å². The van der Waals surface area contributed by atoms with Crippen molar-refractivity contribution in [2.24, 2.45) is 0 Å². The molecule has 0 amide bonds. The van der Waals surface area contributed by atoms with E-state index < -0.39 is 0 Å². The molecule has 0 aromatic heterocycles. The van der Waals surface area contributed by atoms with Gasteiger partial charge in [0.2, 0.25) is 0 Å². The third-order valence-corrected chi connectivity index (χ3v) is 5.96. The van der Waals surface area contributed by atoms with Crippen LogP contribution in [-0.4, -0.2) is 14.1 Å². The first kappa shape index (κ1) is 16.8. The van der Waals surface area contributed by atoms with Gasteiger partial charge >= 0.3 is 0 Å². The smallest absolute Gasteiger partial charge is 0.0714 e. The van der Waals surface area contributed by atoms with E-state index in [-0.39, 0.29) is 5.41 Å². The molecule has 28 heavy (non-hydrogen) atoms. The first-order valence-corrected chi connectivity index (χ1v) is 9.75. The van der Waals surface area contributed by atoms with Crippen molar-refractivity contribution in [2.75, 3.05) is 19.0 Å². The molecular weight excluding hydrogens is 338 g/mol. The lowest BCUT2D eigenvalue weighted by Gasteiger charge is -2.34. The van der Waals surface area contributed by atoms with Gasteiger partial charge in [0.15, 0.2) is 0 Å². The van der Waals surface area contributed by atoms with Crippen molar-refractivity contribution < 1.29 is 0 Å². The zero-order chi connectivity index (χ0) is 19.1. The average Bonchev–Trinajstić information content (AvgIpc) is 3.05. The summed E-state index contributed by atoms with van der Waals surface area (Å²) >= 11 is 0. The monoisotopic (exact) mass is 361 g/mol. The van der Waals surface area contributed by atoms with Crippen LogP contribution in [0.2, 0.25) is 0 Å². The van der Waals surface area contributed by atoms with Crippen molar-refractivity contribution >= 4 is 5.69 Å². The van der Waals surface area contributed by atoms with Gasteiger partial charge in [-0.1, -0.05) is 91.0 Å². The summed E-state index contributed by atoms with van der Waals surface area (Å²) in [6, 6.07) is 37.6. The molecule has 4 aromatic rings. The fraction of sp³-hybridized carbons (Fsp3) is 0.111. The highest BCUT2D eigenvalue weighted by molar-refractivity contribution is 5.87. The first-order valence-electron chi connectivity index (χ1n) is 9.75. The van der Waals surface area contributed by atoms with Crippen LogP contribution in [-0.2, 0) is 5.41 Å². The summed E-state index contributed by atoms with van der Waals surface area (Å²) in [7, 11) is 4.22. The van der Waals surface area contributed by atoms with Gasteiger partial charge in [-0.25, -0.2) is 0 Å². The standard InChI is InChI=1S/C27H23N/c1-28(2)22-17-18-24-23-15-9-10-16-25(23)27(26(24)19-22,20-11-5-3-6-12-20)21-13-7-4-8-14-21/h3-19H,1-2H3. The van der Waals surface area contributed by atoms with Gasteiger partial charge in [-0.05, 0) is 45.5 Å². The predicted molar refractivity (Wildman–Crippen MR) is 118 cm³/mol. The van der Waals surface area contributed by atoms with Gasteiger partial charge < -0.3 is 4.90 Å². The summed E-state index contributed by atoms with van der Waals surface area (Å²) < 4.78 is 0. The number of benzene rings is 4. The fourth-order valence-corrected chi connectivity index (χ4v) is 4.71. The van der Waals surface area contributed by atoms with Gasteiger partial charge in [0, 0.05) is 19.8 Å². The van der Waals surface area contributed by atoms with Crippen molar-refractivity contribution in [1.82, 2.24) is 0 Å². The molecule has 4 aromatic carbocycles. The van der Waals surface area contributed by atoms with Crippen molar-refractivity contribution in [1.29, 1.82) is 0 Å². The Hall–Kier alpha value is -3.32. The van der Waals surface area contributed by atoms with E-state index in [2.05, 4.69) is 122 Å². The highest BCUT2D eigenvalue weighted by Gasteiger charge is 2.45. The number of anilines is 1. The number of hydrogen-bond donors (Lipinski definition) is 0. The zero-order valence-corrected chi connectivity index (χ0v) is 16.3. The summed E-state index contributed by atoms with van der Waals surface area (Å²) in [5, 5.41) is 0. The van der Waals surface area contributed by atoms with E-state index >= 15 is 0 Å². The summed E-state index contributed by atoms with van der Waals surface area (Å²) in [6.07, 6.45) is 0. The zero-order valence-electron chi connectivity index (χ0n) is 16.3. The molecule has 1 aliphatic rings. The number of fused-ring (bicyclic) bond motifs is 3. The van der Waals surface area contributed by atoms with Crippen molar-refractivity contribution in [3.05, 3.63) is 125 Å². The van der Waals surface area contributed by atoms with Gasteiger partial charge in [-0.2, -0.15) is 0 Å². The molecule has 0 heterocycles. The third kappa shape index (κ3) is 2.26. The van der Waals surface area contributed by atoms with E-state index in [9.17, 15) is 0 Å². The summed E-state index contributed by atoms with van der Waals surface area (Å²) in [6.45, 7) is 0. The lowest BCUT2D eigenvalue weighted by molar-refractivity contribution is 0.768. The normalized spacial score (nSPS) is 13.6. The van der Waals surface area contributed by atoms with Crippen LogP contribution in [0.25, 0.3) is 11.1 Å². The van der Waals surface area contributed by atoms with Crippen LogP contribution in [0.1, 0.15) is 22.3 Å².